The van der Waals surface area contributed by atoms with Crippen LogP contribution in [-0.2, 0) is 20.9 Å². The average molecular weight is 411 g/mol. The Morgan fingerprint density at radius 2 is 1.70 bits per heavy atom. The van der Waals surface area contributed by atoms with E-state index in [0.717, 1.165) is 35.8 Å². The van der Waals surface area contributed by atoms with E-state index in [0.29, 0.717) is 13.2 Å². The molecule has 0 spiro atoms. The van der Waals surface area contributed by atoms with Crippen LogP contribution < -0.4 is 4.74 Å². The van der Waals surface area contributed by atoms with E-state index in [1.807, 2.05) is 54.6 Å². The van der Waals surface area contributed by atoms with Crippen molar-refractivity contribution >= 4 is 18.0 Å². The van der Waals surface area contributed by atoms with Gasteiger partial charge >= 0.3 is 11.9 Å². The maximum Gasteiger partial charge on any atom is 0.330 e. The number of carbonyl (C=O) groups is 2. The number of hydrogen-bond donors (Lipinski definition) is 1. The molecule has 2 aromatic carbocycles. The van der Waals surface area contributed by atoms with Gasteiger partial charge in [-0.25, -0.2) is 9.59 Å². The van der Waals surface area contributed by atoms with Crippen LogP contribution in [0, 0.1) is 0 Å². The summed E-state index contributed by atoms with van der Waals surface area (Å²) < 4.78 is 10.4. The number of rotatable bonds is 11. The summed E-state index contributed by atoms with van der Waals surface area (Å²) >= 11 is 0. The van der Waals surface area contributed by atoms with Crippen LogP contribution in [0.3, 0.4) is 0 Å². The lowest BCUT2D eigenvalue weighted by molar-refractivity contribution is -0.138. The summed E-state index contributed by atoms with van der Waals surface area (Å²) in [7, 11) is 0. The monoisotopic (exact) mass is 410 g/mol. The number of carboxylic acid groups (broad SMARTS) is 1. The van der Waals surface area contributed by atoms with E-state index in [-0.39, 0.29) is 5.97 Å². The summed E-state index contributed by atoms with van der Waals surface area (Å²) in [4.78, 5) is 20.9. The van der Waals surface area contributed by atoms with Crippen LogP contribution in [0.15, 0.2) is 73.3 Å². The van der Waals surface area contributed by atoms with Gasteiger partial charge in [-0.05, 0) is 35.8 Å². The second kappa shape index (κ2) is 15.6. The van der Waals surface area contributed by atoms with Crippen molar-refractivity contribution in [3.8, 4) is 5.75 Å². The molecule has 0 heterocycles. The van der Waals surface area contributed by atoms with E-state index in [9.17, 15) is 9.59 Å². The molecule has 0 aromatic heterocycles. The van der Waals surface area contributed by atoms with Crippen molar-refractivity contribution in [2.45, 2.75) is 39.2 Å². The van der Waals surface area contributed by atoms with Gasteiger partial charge < -0.3 is 14.6 Å². The average Bonchev–Trinajstić information content (AvgIpc) is 2.77. The molecule has 0 saturated heterocycles. The second-order valence-corrected chi connectivity index (χ2v) is 6.45. The van der Waals surface area contributed by atoms with Gasteiger partial charge in [0.15, 0.2) is 0 Å². The topological polar surface area (TPSA) is 72.8 Å². The fourth-order valence-corrected chi connectivity index (χ4v) is 2.34. The Morgan fingerprint density at radius 3 is 2.30 bits per heavy atom. The highest BCUT2D eigenvalue weighted by atomic mass is 16.5. The van der Waals surface area contributed by atoms with Gasteiger partial charge in [0.2, 0.25) is 0 Å². The largest absolute Gasteiger partial charge is 0.489 e. The highest BCUT2D eigenvalue weighted by Gasteiger charge is 1.96. The fourth-order valence-electron chi connectivity index (χ4n) is 2.34. The SMILES string of the molecule is C=CC(=O)OCCCCCC.O=C(O)C=Cc1ccc(OCc2ccccc2)cc1. The molecule has 2 aromatic rings. The van der Waals surface area contributed by atoms with E-state index in [2.05, 4.69) is 13.5 Å². The van der Waals surface area contributed by atoms with Crippen LogP contribution in [0.25, 0.3) is 6.08 Å². The van der Waals surface area contributed by atoms with E-state index >= 15 is 0 Å². The van der Waals surface area contributed by atoms with Crippen molar-refractivity contribution in [1.82, 2.24) is 0 Å². The minimum absolute atomic E-state index is 0.318. The molecule has 30 heavy (non-hydrogen) atoms. The lowest BCUT2D eigenvalue weighted by atomic mass is 10.2. The molecule has 0 fully saturated rings. The first kappa shape index (κ1) is 24.7. The Morgan fingerprint density at radius 1 is 1.00 bits per heavy atom. The van der Waals surface area contributed by atoms with Gasteiger partial charge in [-0.1, -0.05) is 75.2 Å². The smallest absolute Gasteiger partial charge is 0.330 e. The standard InChI is InChI=1S/C16H14O3.C9H16O2/c17-16(18)11-8-13-6-9-15(10-7-13)19-12-14-4-2-1-3-5-14;1-3-5-6-7-8-11-9(10)4-2/h1-11H,12H2,(H,17,18);4H,2-3,5-8H2,1H3. The molecule has 5 heteroatoms. The zero-order valence-electron chi connectivity index (χ0n) is 17.5. The lowest BCUT2D eigenvalue weighted by Crippen LogP contribution is -2.01. The Labute approximate surface area is 178 Å². The first-order chi connectivity index (χ1) is 14.5. The molecular weight excluding hydrogens is 380 g/mol. The predicted octanol–water partition coefficient (Wildman–Crippen LogP) is 5.66. The van der Waals surface area contributed by atoms with Gasteiger partial charge in [-0.15, -0.1) is 0 Å². The van der Waals surface area contributed by atoms with Crippen molar-refractivity contribution in [1.29, 1.82) is 0 Å². The van der Waals surface area contributed by atoms with E-state index in [1.54, 1.807) is 6.08 Å². The number of ether oxygens (including phenoxy) is 2. The molecule has 0 aliphatic rings. The molecule has 0 bridgehead atoms. The van der Waals surface area contributed by atoms with E-state index < -0.39 is 5.97 Å². The lowest BCUT2D eigenvalue weighted by Gasteiger charge is -2.06. The van der Waals surface area contributed by atoms with Gasteiger partial charge in [-0.3, -0.25) is 0 Å². The molecule has 0 radical (unpaired) electrons. The molecule has 0 atom stereocenters. The third-order valence-corrected chi connectivity index (χ3v) is 3.96. The Bertz CT molecular complexity index is 779. The number of carbonyl (C=O) groups excluding carboxylic acids is 1. The number of unbranched alkanes of at least 4 members (excludes halogenated alkanes) is 3. The molecule has 0 saturated carbocycles. The van der Waals surface area contributed by atoms with Crippen LogP contribution in [0.2, 0.25) is 0 Å². The summed E-state index contributed by atoms with van der Waals surface area (Å²) in [5, 5.41) is 8.53. The van der Waals surface area contributed by atoms with Crippen molar-refractivity contribution in [2.75, 3.05) is 6.61 Å². The molecule has 1 N–H and O–H groups in total. The quantitative estimate of drug-likeness (QED) is 0.294. The van der Waals surface area contributed by atoms with Gasteiger partial charge in [0.25, 0.3) is 0 Å². The fraction of sp³-hybridized carbons (Fsp3) is 0.280. The minimum atomic E-state index is -0.954. The van der Waals surface area contributed by atoms with Crippen LogP contribution >= 0.6 is 0 Å². The normalized spacial score (nSPS) is 10.0. The van der Waals surface area contributed by atoms with Crippen LogP contribution in [-0.4, -0.2) is 23.7 Å². The minimum Gasteiger partial charge on any atom is -0.489 e. The van der Waals surface area contributed by atoms with Crippen LogP contribution in [0.5, 0.6) is 5.75 Å². The zero-order chi connectivity index (χ0) is 22.0. The molecule has 5 nitrogen and oxygen atoms in total. The maximum atomic E-state index is 10.5. The highest BCUT2D eigenvalue weighted by molar-refractivity contribution is 5.85. The number of esters is 1. The summed E-state index contributed by atoms with van der Waals surface area (Å²) in [6.45, 7) is 6.50. The van der Waals surface area contributed by atoms with Crippen molar-refractivity contribution in [2.24, 2.45) is 0 Å². The number of benzene rings is 2. The Balaban J connectivity index is 0.000000352. The predicted molar refractivity (Wildman–Crippen MR) is 119 cm³/mol. The van der Waals surface area contributed by atoms with Crippen molar-refractivity contribution in [3.05, 3.63) is 84.5 Å². The van der Waals surface area contributed by atoms with Crippen LogP contribution in [0.4, 0.5) is 0 Å². The Kier molecular flexibility index (Phi) is 12.8. The van der Waals surface area contributed by atoms with Crippen molar-refractivity contribution in [3.63, 3.8) is 0 Å². The Hall–Kier alpha value is -3.34. The molecule has 0 aliphatic heterocycles. The number of aliphatic carboxylic acids is 1. The maximum absolute atomic E-state index is 10.5. The highest BCUT2D eigenvalue weighted by Crippen LogP contribution is 2.15. The molecule has 160 valence electrons. The van der Waals surface area contributed by atoms with E-state index in [1.165, 1.54) is 18.9 Å². The molecule has 0 aliphatic carbocycles. The van der Waals surface area contributed by atoms with Gasteiger partial charge in [-0.2, -0.15) is 0 Å². The summed E-state index contributed by atoms with van der Waals surface area (Å²) in [5.74, 6) is -0.512. The summed E-state index contributed by atoms with van der Waals surface area (Å²) in [6, 6.07) is 17.2. The summed E-state index contributed by atoms with van der Waals surface area (Å²) in [6.07, 6.45) is 8.37. The molecule has 0 unspecified atom stereocenters. The second-order valence-electron chi connectivity index (χ2n) is 6.45. The summed E-state index contributed by atoms with van der Waals surface area (Å²) in [5.41, 5.74) is 1.94. The van der Waals surface area contributed by atoms with Crippen LogP contribution in [0.1, 0.15) is 43.7 Å². The van der Waals surface area contributed by atoms with E-state index in [4.69, 9.17) is 14.6 Å². The zero-order valence-corrected chi connectivity index (χ0v) is 17.5. The first-order valence-electron chi connectivity index (χ1n) is 10.0. The third-order valence-electron chi connectivity index (χ3n) is 3.96. The molecule has 2 rings (SSSR count). The first-order valence-corrected chi connectivity index (χ1v) is 10.0. The van der Waals surface area contributed by atoms with Gasteiger partial charge in [0.05, 0.1) is 6.61 Å². The molecular formula is C25H30O5. The third kappa shape index (κ3) is 12.2. The van der Waals surface area contributed by atoms with Crippen molar-refractivity contribution < 1.29 is 24.2 Å². The molecule has 0 amide bonds. The number of hydrogen-bond acceptors (Lipinski definition) is 4. The van der Waals surface area contributed by atoms with Gasteiger partial charge in [0.1, 0.15) is 12.4 Å². The number of carboxylic acids is 1. The van der Waals surface area contributed by atoms with Gasteiger partial charge in [0, 0.05) is 12.2 Å².